The Morgan fingerprint density at radius 2 is 1.78 bits per heavy atom. The summed E-state index contributed by atoms with van der Waals surface area (Å²) in [5.74, 6) is 0.334. The standard InChI is InChI=1S/C24H19ClFNO4S/c1-2-30-24-14-17(7-12-23(24)31-16-18-5-3-4-6-22(18)26)13-21(15-27)32(28,29)20-10-8-19(25)9-11-20/h3-14H,2,16H2,1H3/b21-13+. The van der Waals surface area contributed by atoms with Gasteiger partial charge in [-0.15, -0.1) is 0 Å². The summed E-state index contributed by atoms with van der Waals surface area (Å²) in [6.45, 7) is 2.11. The first-order chi connectivity index (χ1) is 15.3. The number of hydrogen-bond donors (Lipinski definition) is 0. The third-order valence-corrected chi connectivity index (χ3v) is 6.36. The Morgan fingerprint density at radius 3 is 2.44 bits per heavy atom. The molecular formula is C24H19ClFNO4S. The number of halogens is 2. The fraction of sp³-hybridized carbons (Fsp3) is 0.125. The molecule has 0 bridgehead atoms. The van der Waals surface area contributed by atoms with Crippen molar-refractivity contribution in [3.05, 3.63) is 93.6 Å². The van der Waals surface area contributed by atoms with Gasteiger partial charge in [0.25, 0.3) is 0 Å². The molecule has 0 amide bonds. The van der Waals surface area contributed by atoms with Crippen LogP contribution in [0.4, 0.5) is 4.39 Å². The number of rotatable bonds is 8. The summed E-state index contributed by atoms with van der Waals surface area (Å²) >= 11 is 5.82. The average molecular weight is 472 g/mol. The molecule has 3 rings (SSSR count). The highest BCUT2D eigenvalue weighted by atomic mass is 35.5. The van der Waals surface area contributed by atoms with Crippen LogP contribution in [0.1, 0.15) is 18.1 Å². The maximum atomic E-state index is 13.8. The molecular weight excluding hydrogens is 453 g/mol. The van der Waals surface area contributed by atoms with Gasteiger partial charge in [0.2, 0.25) is 9.84 Å². The summed E-state index contributed by atoms with van der Waals surface area (Å²) in [6.07, 6.45) is 1.26. The van der Waals surface area contributed by atoms with Crippen LogP contribution in [-0.4, -0.2) is 15.0 Å². The van der Waals surface area contributed by atoms with E-state index in [-0.39, 0.29) is 17.3 Å². The molecule has 0 aromatic heterocycles. The van der Waals surface area contributed by atoms with Gasteiger partial charge < -0.3 is 9.47 Å². The van der Waals surface area contributed by atoms with Gasteiger partial charge in [0, 0.05) is 10.6 Å². The predicted octanol–water partition coefficient (Wildman–Crippen LogP) is 5.80. The first-order valence-electron chi connectivity index (χ1n) is 9.60. The number of nitrogens with zero attached hydrogens (tertiary/aromatic N) is 1. The Kier molecular flexibility index (Phi) is 7.52. The zero-order valence-electron chi connectivity index (χ0n) is 17.1. The second-order valence-corrected chi connectivity index (χ2v) is 8.95. The number of hydrogen-bond acceptors (Lipinski definition) is 5. The molecule has 0 atom stereocenters. The highest BCUT2D eigenvalue weighted by Gasteiger charge is 2.21. The quantitative estimate of drug-likeness (QED) is 0.388. The van der Waals surface area contributed by atoms with Gasteiger partial charge in [-0.1, -0.05) is 35.9 Å². The molecule has 0 fully saturated rings. The van der Waals surface area contributed by atoms with E-state index in [4.69, 9.17) is 21.1 Å². The molecule has 0 unspecified atom stereocenters. The minimum atomic E-state index is -4.02. The maximum absolute atomic E-state index is 13.8. The van der Waals surface area contributed by atoms with Crippen LogP contribution in [0.25, 0.3) is 6.08 Å². The molecule has 0 aliphatic carbocycles. The third kappa shape index (κ3) is 5.47. The first-order valence-corrected chi connectivity index (χ1v) is 11.5. The van der Waals surface area contributed by atoms with Crippen molar-refractivity contribution in [1.29, 1.82) is 5.26 Å². The number of nitriles is 1. The van der Waals surface area contributed by atoms with Gasteiger partial charge in [0.15, 0.2) is 11.5 Å². The number of sulfone groups is 1. The summed E-state index contributed by atoms with van der Waals surface area (Å²) in [7, 11) is -4.02. The normalized spacial score (nSPS) is 11.6. The van der Waals surface area contributed by atoms with Gasteiger partial charge in [-0.2, -0.15) is 5.26 Å². The van der Waals surface area contributed by atoms with Crippen molar-refractivity contribution < 1.29 is 22.3 Å². The first kappa shape index (κ1) is 23.3. The SMILES string of the molecule is CCOc1cc(/C=C(\C#N)S(=O)(=O)c2ccc(Cl)cc2)ccc1OCc1ccccc1F. The topological polar surface area (TPSA) is 76.4 Å². The minimum absolute atomic E-state index is 0.00365. The van der Waals surface area contributed by atoms with Crippen LogP contribution < -0.4 is 9.47 Å². The fourth-order valence-electron chi connectivity index (χ4n) is 2.83. The summed E-state index contributed by atoms with van der Waals surface area (Å²) in [5, 5.41) is 9.88. The van der Waals surface area contributed by atoms with Crippen molar-refractivity contribution in [3.63, 3.8) is 0 Å². The molecule has 5 nitrogen and oxygen atoms in total. The predicted molar refractivity (Wildman–Crippen MR) is 121 cm³/mol. The molecule has 0 spiro atoms. The lowest BCUT2D eigenvalue weighted by molar-refractivity contribution is 0.266. The van der Waals surface area contributed by atoms with Crippen LogP contribution in [0.2, 0.25) is 5.02 Å². The third-order valence-electron chi connectivity index (χ3n) is 4.43. The Bertz CT molecular complexity index is 1280. The molecule has 0 saturated carbocycles. The molecule has 0 saturated heterocycles. The van der Waals surface area contributed by atoms with Gasteiger partial charge in [-0.25, -0.2) is 12.8 Å². The molecule has 0 heterocycles. The Morgan fingerprint density at radius 1 is 1.06 bits per heavy atom. The lowest BCUT2D eigenvalue weighted by atomic mass is 10.2. The van der Waals surface area contributed by atoms with E-state index < -0.39 is 14.7 Å². The van der Waals surface area contributed by atoms with Crippen molar-refractivity contribution in [1.82, 2.24) is 0 Å². The molecule has 0 aliphatic rings. The summed E-state index contributed by atoms with van der Waals surface area (Å²) in [5.41, 5.74) is 0.820. The van der Waals surface area contributed by atoms with Crippen molar-refractivity contribution in [3.8, 4) is 17.6 Å². The molecule has 3 aromatic carbocycles. The van der Waals surface area contributed by atoms with Crippen molar-refractivity contribution >= 4 is 27.5 Å². The van der Waals surface area contributed by atoms with Crippen LogP contribution in [0, 0.1) is 17.1 Å². The smallest absolute Gasteiger partial charge is 0.216 e. The van der Waals surface area contributed by atoms with Crippen LogP contribution in [0.5, 0.6) is 11.5 Å². The second-order valence-electron chi connectivity index (χ2n) is 6.60. The molecule has 0 aliphatic heterocycles. The Labute approximate surface area is 191 Å². The number of ether oxygens (including phenoxy) is 2. The van der Waals surface area contributed by atoms with Crippen LogP contribution in [0.15, 0.2) is 76.5 Å². The van der Waals surface area contributed by atoms with E-state index in [1.54, 1.807) is 49.4 Å². The second kappa shape index (κ2) is 10.3. The van der Waals surface area contributed by atoms with E-state index >= 15 is 0 Å². The summed E-state index contributed by atoms with van der Waals surface area (Å²) in [4.78, 5) is -0.466. The van der Waals surface area contributed by atoms with Gasteiger partial charge >= 0.3 is 0 Å². The zero-order valence-corrected chi connectivity index (χ0v) is 18.7. The largest absolute Gasteiger partial charge is 0.490 e. The van der Waals surface area contributed by atoms with E-state index in [2.05, 4.69) is 0 Å². The molecule has 0 N–H and O–H groups in total. The molecule has 32 heavy (non-hydrogen) atoms. The van der Waals surface area contributed by atoms with E-state index in [0.29, 0.717) is 34.3 Å². The molecule has 3 aromatic rings. The van der Waals surface area contributed by atoms with Crippen molar-refractivity contribution in [2.24, 2.45) is 0 Å². The van der Waals surface area contributed by atoms with Crippen LogP contribution in [0.3, 0.4) is 0 Å². The number of benzene rings is 3. The maximum Gasteiger partial charge on any atom is 0.216 e. The van der Waals surface area contributed by atoms with Crippen molar-refractivity contribution in [2.75, 3.05) is 6.61 Å². The van der Waals surface area contributed by atoms with Gasteiger partial charge in [-0.05, 0) is 61.0 Å². The van der Waals surface area contributed by atoms with Crippen molar-refractivity contribution in [2.45, 2.75) is 18.4 Å². The molecule has 164 valence electrons. The van der Waals surface area contributed by atoms with Gasteiger partial charge in [0.1, 0.15) is 23.4 Å². The molecule has 0 radical (unpaired) electrons. The van der Waals surface area contributed by atoms with E-state index in [1.807, 2.05) is 0 Å². The average Bonchev–Trinajstić information content (AvgIpc) is 2.78. The van der Waals surface area contributed by atoms with Crippen LogP contribution in [-0.2, 0) is 16.4 Å². The highest BCUT2D eigenvalue weighted by molar-refractivity contribution is 7.95. The number of allylic oxidation sites excluding steroid dienone is 1. The van der Waals surface area contributed by atoms with Gasteiger partial charge in [0.05, 0.1) is 11.5 Å². The molecule has 8 heteroatoms. The fourth-order valence-corrected chi connectivity index (χ4v) is 4.12. The Balaban J connectivity index is 1.91. The van der Waals surface area contributed by atoms with Gasteiger partial charge in [-0.3, -0.25) is 0 Å². The van der Waals surface area contributed by atoms with E-state index in [9.17, 15) is 18.1 Å². The minimum Gasteiger partial charge on any atom is -0.490 e. The van der Waals surface area contributed by atoms with Crippen LogP contribution >= 0.6 is 11.6 Å². The highest BCUT2D eigenvalue weighted by Crippen LogP contribution is 2.31. The van der Waals surface area contributed by atoms with E-state index in [0.717, 1.165) is 0 Å². The van der Waals surface area contributed by atoms with E-state index in [1.165, 1.54) is 36.4 Å². The monoisotopic (exact) mass is 471 g/mol. The lowest BCUT2D eigenvalue weighted by Crippen LogP contribution is -2.04. The summed E-state index contributed by atoms with van der Waals surface area (Å²) < 4.78 is 50.8. The zero-order chi connectivity index (χ0) is 23.1. The lowest BCUT2D eigenvalue weighted by Gasteiger charge is -2.13. The Hall–Kier alpha value is -3.34. The summed E-state index contributed by atoms with van der Waals surface area (Å²) in [6, 6.07) is 18.3.